The van der Waals surface area contributed by atoms with Crippen molar-refractivity contribution in [3.05, 3.63) is 29.5 Å². The van der Waals surface area contributed by atoms with E-state index in [9.17, 15) is 4.79 Å². The van der Waals surface area contributed by atoms with E-state index in [-0.39, 0.29) is 0 Å². The number of carbonyl (C=O) groups excluding carboxylic acids is 1. The molecule has 0 radical (unpaired) electrons. The van der Waals surface area contributed by atoms with Gasteiger partial charge in [-0.15, -0.1) is 0 Å². The van der Waals surface area contributed by atoms with Gasteiger partial charge in [-0.2, -0.15) is 0 Å². The molecule has 1 saturated carbocycles. The van der Waals surface area contributed by atoms with E-state index >= 15 is 0 Å². The van der Waals surface area contributed by atoms with Crippen molar-refractivity contribution in [2.45, 2.75) is 19.3 Å². The molecule has 0 N–H and O–H groups in total. The number of rotatable bonds is 2. The molecule has 2 aliphatic rings. The second-order valence-electron chi connectivity index (χ2n) is 6.30. The predicted octanol–water partition coefficient (Wildman–Crippen LogP) is 2.73. The first-order valence-electron chi connectivity index (χ1n) is 8.16. The summed E-state index contributed by atoms with van der Waals surface area (Å²) in [6.07, 6.45) is 4.69. The summed E-state index contributed by atoms with van der Waals surface area (Å²) < 4.78 is 0. The smallest absolute Gasteiger partial charge is 0.225 e. The molecule has 2 fully saturated rings. The van der Waals surface area contributed by atoms with Gasteiger partial charge >= 0.3 is 0 Å². The van der Waals surface area contributed by atoms with E-state index in [1.165, 1.54) is 0 Å². The molecule has 1 saturated heterocycles. The van der Waals surface area contributed by atoms with Crippen LogP contribution in [0, 0.1) is 5.92 Å². The number of halogens is 1. The van der Waals surface area contributed by atoms with Crippen LogP contribution in [0.25, 0.3) is 10.9 Å². The molecule has 1 aromatic carbocycles. The van der Waals surface area contributed by atoms with Gasteiger partial charge in [-0.05, 0) is 37.5 Å². The zero-order chi connectivity index (χ0) is 15.8. The Morgan fingerprint density at radius 1 is 1.13 bits per heavy atom. The molecule has 5 nitrogen and oxygen atoms in total. The van der Waals surface area contributed by atoms with Gasteiger partial charge in [0.15, 0.2) is 0 Å². The number of hydrogen-bond acceptors (Lipinski definition) is 4. The summed E-state index contributed by atoms with van der Waals surface area (Å²) in [5.41, 5.74) is 0.859. The molecule has 4 rings (SSSR count). The van der Waals surface area contributed by atoms with E-state index in [4.69, 9.17) is 11.6 Å². The molecule has 0 spiro atoms. The number of amides is 1. The van der Waals surface area contributed by atoms with Crippen molar-refractivity contribution in [2.24, 2.45) is 5.92 Å². The van der Waals surface area contributed by atoms with E-state index in [1.807, 2.05) is 23.1 Å². The van der Waals surface area contributed by atoms with Crippen molar-refractivity contribution in [3.63, 3.8) is 0 Å². The highest BCUT2D eigenvalue weighted by atomic mass is 35.5. The van der Waals surface area contributed by atoms with Gasteiger partial charge in [0.1, 0.15) is 12.1 Å². The number of hydrogen-bond donors (Lipinski definition) is 0. The Morgan fingerprint density at radius 3 is 2.83 bits per heavy atom. The molecule has 6 heteroatoms. The second kappa shape index (κ2) is 5.96. The Balaban J connectivity index is 1.57. The molecule has 0 unspecified atom stereocenters. The number of fused-ring (bicyclic) bond motifs is 1. The summed E-state index contributed by atoms with van der Waals surface area (Å²) in [6, 6.07) is 5.71. The van der Waals surface area contributed by atoms with Crippen LogP contribution in [-0.4, -0.2) is 47.0 Å². The molecule has 2 aromatic rings. The monoisotopic (exact) mass is 330 g/mol. The third kappa shape index (κ3) is 2.98. The van der Waals surface area contributed by atoms with Crippen LogP contribution in [0.2, 0.25) is 5.02 Å². The number of anilines is 1. The van der Waals surface area contributed by atoms with Crippen molar-refractivity contribution in [1.29, 1.82) is 0 Å². The Hall–Kier alpha value is -1.88. The van der Waals surface area contributed by atoms with Crippen LogP contribution in [0.4, 0.5) is 5.82 Å². The first-order valence-corrected chi connectivity index (χ1v) is 8.54. The van der Waals surface area contributed by atoms with E-state index < -0.39 is 0 Å². The zero-order valence-electron chi connectivity index (χ0n) is 12.9. The highest BCUT2D eigenvalue weighted by molar-refractivity contribution is 6.31. The lowest BCUT2D eigenvalue weighted by molar-refractivity contribution is -0.132. The minimum absolute atomic E-state index is 0.295. The van der Waals surface area contributed by atoms with E-state index in [1.54, 1.807) is 6.33 Å². The van der Waals surface area contributed by atoms with Gasteiger partial charge in [0.05, 0.1) is 5.52 Å². The summed E-state index contributed by atoms with van der Waals surface area (Å²) in [5.74, 6) is 1.57. The van der Waals surface area contributed by atoms with Crippen LogP contribution in [0.5, 0.6) is 0 Å². The van der Waals surface area contributed by atoms with Gasteiger partial charge in [0.25, 0.3) is 0 Å². The first-order chi connectivity index (χ1) is 11.2. The Morgan fingerprint density at radius 2 is 2.00 bits per heavy atom. The fraction of sp³-hybridized carbons (Fsp3) is 0.471. The van der Waals surface area contributed by atoms with Gasteiger partial charge in [-0.1, -0.05) is 11.6 Å². The number of aromatic nitrogens is 2. The molecule has 120 valence electrons. The predicted molar refractivity (Wildman–Crippen MR) is 90.7 cm³/mol. The Kier molecular flexibility index (Phi) is 3.81. The maximum absolute atomic E-state index is 12.3. The topological polar surface area (TPSA) is 49.3 Å². The van der Waals surface area contributed by atoms with Crippen LogP contribution in [-0.2, 0) is 4.79 Å². The molecule has 1 amide bonds. The molecule has 2 heterocycles. The van der Waals surface area contributed by atoms with Crippen molar-refractivity contribution in [3.8, 4) is 0 Å². The van der Waals surface area contributed by atoms with Crippen LogP contribution in [0.15, 0.2) is 24.5 Å². The largest absolute Gasteiger partial charge is 0.354 e. The summed E-state index contributed by atoms with van der Waals surface area (Å²) in [7, 11) is 0. The van der Waals surface area contributed by atoms with Gasteiger partial charge in [-0.3, -0.25) is 4.79 Å². The van der Waals surface area contributed by atoms with Gasteiger partial charge in [0, 0.05) is 42.5 Å². The normalized spacial score (nSPS) is 19.0. The molecule has 1 aliphatic carbocycles. The van der Waals surface area contributed by atoms with Crippen molar-refractivity contribution < 1.29 is 4.79 Å². The molecule has 1 aliphatic heterocycles. The average molecular weight is 331 g/mol. The van der Waals surface area contributed by atoms with E-state index in [0.717, 1.165) is 62.2 Å². The van der Waals surface area contributed by atoms with Crippen molar-refractivity contribution in [2.75, 3.05) is 31.1 Å². The third-order valence-electron chi connectivity index (χ3n) is 4.61. The second-order valence-corrected chi connectivity index (χ2v) is 6.74. The Labute approximate surface area is 140 Å². The molecular weight excluding hydrogens is 312 g/mol. The van der Waals surface area contributed by atoms with Crippen molar-refractivity contribution >= 4 is 34.2 Å². The minimum Gasteiger partial charge on any atom is -0.354 e. The van der Waals surface area contributed by atoms with E-state index in [0.29, 0.717) is 16.8 Å². The van der Waals surface area contributed by atoms with Crippen LogP contribution in [0.3, 0.4) is 0 Å². The maximum atomic E-state index is 12.3. The summed E-state index contributed by atoms with van der Waals surface area (Å²) >= 11 is 6.05. The molecule has 1 aromatic heterocycles. The van der Waals surface area contributed by atoms with Crippen LogP contribution < -0.4 is 4.90 Å². The molecular formula is C17H19ClN4O. The Bertz CT molecular complexity index is 746. The van der Waals surface area contributed by atoms with Gasteiger partial charge in [0.2, 0.25) is 5.91 Å². The minimum atomic E-state index is 0.295. The molecule has 23 heavy (non-hydrogen) atoms. The van der Waals surface area contributed by atoms with Gasteiger partial charge < -0.3 is 9.80 Å². The quantitative estimate of drug-likeness (QED) is 0.849. The average Bonchev–Trinajstić information content (AvgIpc) is 3.40. The summed E-state index contributed by atoms with van der Waals surface area (Å²) in [5, 5.41) is 1.69. The fourth-order valence-electron chi connectivity index (χ4n) is 3.21. The number of benzene rings is 1. The van der Waals surface area contributed by atoms with Crippen LogP contribution >= 0.6 is 11.6 Å². The first kappa shape index (κ1) is 14.7. The van der Waals surface area contributed by atoms with Crippen LogP contribution in [0.1, 0.15) is 19.3 Å². The number of carbonyl (C=O) groups is 1. The SMILES string of the molecule is O=C(C1CC1)N1CCCN(c2ncnc3cc(Cl)ccc23)CC1. The highest BCUT2D eigenvalue weighted by Gasteiger charge is 2.34. The van der Waals surface area contributed by atoms with E-state index in [2.05, 4.69) is 14.9 Å². The summed E-state index contributed by atoms with van der Waals surface area (Å²) in [6.45, 7) is 3.34. The lowest BCUT2D eigenvalue weighted by atomic mass is 10.2. The molecule has 0 atom stereocenters. The highest BCUT2D eigenvalue weighted by Crippen LogP contribution is 2.32. The van der Waals surface area contributed by atoms with Gasteiger partial charge in [-0.25, -0.2) is 9.97 Å². The fourth-order valence-corrected chi connectivity index (χ4v) is 3.37. The number of nitrogens with zero attached hydrogens (tertiary/aromatic N) is 4. The molecule has 0 bridgehead atoms. The lowest BCUT2D eigenvalue weighted by Crippen LogP contribution is -2.36. The van der Waals surface area contributed by atoms with Crippen molar-refractivity contribution in [1.82, 2.24) is 14.9 Å². The maximum Gasteiger partial charge on any atom is 0.225 e. The lowest BCUT2D eigenvalue weighted by Gasteiger charge is -2.23. The zero-order valence-corrected chi connectivity index (χ0v) is 13.7. The third-order valence-corrected chi connectivity index (χ3v) is 4.85. The summed E-state index contributed by atoms with van der Waals surface area (Å²) in [4.78, 5) is 25.4. The standard InChI is InChI=1S/C17H19ClN4O/c18-13-4-5-14-15(10-13)19-11-20-16(14)21-6-1-7-22(9-8-21)17(23)12-2-3-12/h4-5,10-12H,1-3,6-9H2.